The molecule has 0 aliphatic carbocycles. The van der Waals surface area contributed by atoms with Crippen molar-refractivity contribution in [3.8, 4) is 5.75 Å². The Balaban J connectivity index is 2.10. The third kappa shape index (κ3) is 3.41. The molecule has 2 rings (SSSR count). The minimum Gasteiger partial charge on any atom is -0.494 e. The first-order valence-electron chi connectivity index (χ1n) is 7.69. The average Bonchev–Trinajstić information content (AvgIpc) is 2.72. The van der Waals surface area contributed by atoms with E-state index in [1.807, 2.05) is 13.0 Å². The zero-order valence-corrected chi connectivity index (χ0v) is 13.8. The van der Waals surface area contributed by atoms with E-state index in [0.29, 0.717) is 6.61 Å². The summed E-state index contributed by atoms with van der Waals surface area (Å²) in [5.74, 6) is 0.935. The van der Waals surface area contributed by atoms with Crippen LogP contribution in [0.1, 0.15) is 36.4 Å². The van der Waals surface area contributed by atoms with Gasteiger partial charge >= 0.3 is 0 Å². The first-order valence-corrected chi connectivity index (χ1v) is 7.69. The van der Waals surface area contributed by atoms with E-state index in [4.69, 9.17) is 4.74 Å². The second-order valence-corrected chi connectivity index (χ2v) is 5.40. The lowest BCUT2D eigenvalue weighted by molar-refractivity contribution is 0.340. The molecule has 3 nitrogen and oxygen atoms in total. The van der Waals surface area contributed by atoms with Gasteiger partial charge in [-0.1, -0.05) is 0 Å². The Morgan fingerprint density at radius 2 is 1.86 bits per heavy atom. The monoisotopic (exact) mass is 286 g/mol. The van der Waals surface area contributed by atoms with E-state index < -0.39 is 0 Å². The predicted octanol–water partition coefficient (Wildman–Crippen LogP) is 4.44. The molecule has 0 bridgehead atoms. The molecular formula is C18H26N2O. The normalized spacial score (nSPS) is 10.7. The van der Waals surface area contributed by atoms with Crippen molar-refractivity contribution in [2.45, 2.75) is 47.7 Å². The maximum absolute atomic E-state index is 5.53. The Hall–Kier alpha value is -1.90. The van der Waals surface area contributed by atoms with E-state index in [0.717, 1.165) is 18.8 Å². The van der Waals surface area contributed by atoms with Crippen LogP contribution < -0.4 is 10.1 Å². The lowest BCUT2D eigenvalue weighted by Crippen LogP contribution is -2.04. The predicted molar refractivity (Wildman–Crippen MR) is 89.3 cm³/mol. The number of benzene rings is 1. The molecule has 1 aromatic heterocycles. The van der Waals surface area contributed by atoms with Crippen LogP contribution >= 0.6 is 0 Å². The van der Waals surface area contributed by atoms with Gasteiger partial charge in [-0.25, -0.2) is 0 Å². The molecule has 1 aromatic carbocycles. The van der Waals surface area contributed by atoms with Crippen LogP contribution in [0.4, 0.5) is 5.69 Å². The summed E-state index contributed by atoms with van der Waals surface area (Å²) in [7, 11) is 0. The molecule has 0 aliphatic rings. The highest BCUT2D eigenvalue weighted by atomic mass is 16.5. The fourth-order valence-electron chi connectivity index (χ4n) is 2.82. The molecule has 1 N–H and O–H groups in total. The summed E-state index contributed by atoms with van der Waals surface area (Å²) < 4.78 is 7.88. The Kier molecular flexibility index (Phi) is 4.94. The SMILES string of the molecule is CCOc1ccc(NCc2cc(C)n(CC)c2C)c(C)c1. The van der Waals surface area contributed by atoms with Crippen LogP contribution in [0.15, 0.2) is 24.3 Å². The van der Waals surface area contributed by atoms with Crippen molar-refractivity contribution >= 4 is 5.69 Å². The van der Waals surface area contributed by atoms with Gasteiger partial charge in [-0.05, 0) is 70.0 Å². The summed E-state index contributed by atoms with van der Waals surface area (Å²) in [6.07, 6.45) is 0. The van der Waals surface area contributed by atoms with Crippen LogP contribution in [0.3, 0.4) is 0 Å². The van der Waals surface area contributed by atoms with E-state index in [9.17, 15) is 0 Å². The van der Waals surface area contributed by atoms with Crippen LogP contribution in [0.2, 0.25) is 0 Å². The summed E-state index contributed by atoms with van der Waals surface area (Å²) in [5, 5.41) is 3.54. The van der Waals surface area contributed by atoms with Crippen molar-refractivity contribution in [1.82, 2.24) is 4.57 Å². The van der Waals surface area contributed by atoms with Gasteiger partial charge in [0.25, 0.3) is 0 Å². The van der Waals surface area contributed by atoms with Crippen molar-refractivity contribution in [2.24, 2.45) is 0 Å². The van der Waals surface area contributed by atoms with Crippen molar-refractivity contribution in [3.63, 3.8) is 0 Å². The second-order valence-electron chi connectivity index (χ2n) is 5.40. The lowest BCUT2D eigenvalue weighted by atomic mass is 10.1. The smallest absolute Gasteiger partial charge is 0.119 e. The van der Waals surface area contributed by atoms with E-state index >= 15 is 0 Å². The molecule has 0 atom stereocenters. The fourth-order valence-corrected chi connectivity index (χ4v) is 2.82. The maximum Gasteiger partial charge on any atom is 0.119 e. The molecule has 0 saturated heterocycles. The summed E-state index contributed by atoms with van der Waals surface area (Å²) in [6, 6.07) is 8.48. The van der Waals surface area contributed by atoms with Crippen molar-refractivity contribution in [2.75, 3.05) is 11.9 Å². The quantitative estimate of drug-likeness (QED) is 0.849. The number of rotatable bonds is 6. The summed E-state index contributed by atoms with van der Waals surface area (Å²) in [5.41, 5.74) is 6.42. The number of hydrogen-bond donors (Lipinski definition) is 1. The van der Waals surface area contributed by atoms with Gasteiger partial charge in [0.15, 0.2) is 0 Å². The third-order valence-electron chi connectivity index (χ3n) is 3.97. The highest BCUT2D eigenvalue weighted by Gasteiger charge is 2.08. The number of aromatic nitrogens is 1. The molecule has 0 unspecified atom stereocenters. The van der Waals surface area contributed by atoms with Gasteiger partial charge in [-0.3, -0.25) is 0 Å². The second kappa shape index (κ2) is 6.70. The molecule has 1 heterocycles. The van der Waals surface area contributed by atoms with Crippen molar-refractivity contribution in [3.05, 3.63) is 46.8 Å². The average molecular weight is 286 g/mol. The standard InChI is InChI=1S/C18H26N2O/c1-6-20-14(4)11-16(15(20)5)12-19-18-9-8-17(21-7-2)10-13(18)3/h8-11,19H,6-7,12H2,1-5H3. The van der Waals surface area contributed by atoms with E-state index in [1.165, 1.54) is 28.2 Å². The van der Waals surface area contributed by atoms with Crippen LogP contribution in [0, 0.1) is 20.8 Å². The Morgan fingerprint density at radius 1 is 1.10 bits per heavy atom. The van der Waals surface area contributed by atoms with Crippen LogP contribution in [0.25, 0.3) is 0 Å². The van der Waals surface area contributed by atoms with E-state index in [1.54, 1.807) is 0 Å². The minimum atomic E-state index is 0.704. The first kappa shape index (κ1) is 15.5. The molecule has 0 saturated carbocycles. The number of nitrogens with zero attached hydrogens (tertiary/aromatic N) is 1. The Labute approximate surface area is 127 Å². The topological polar surface area (TPSA) is 26.2 Å². The molecule has 0 amide bonds. The van der Waals surface area contributed by atoms with E-state index in [-0.39, 0.29) is 0 Å². The van der Waals surface area contributed by atoms with Gasteiger partial charge in [0.05, 0.1) is 6.61 Å². The Morgan fingerprint density at radius 3 is 2.43 bits per heavy atom. The number of ether oxygens (including phenoxy) is 1. The number of nitrogens with one attached hydrogen (secondary N) is 1. The largest absolute Gasteiger partial charge is 0.494 e. The van der Waals surface area contributed by atoms with Crippen LogP contribution in [-0.4, -0.2) is 11.2 Å². The highest BCUT2D eigenvalue weighted by molar-refractivity contribution is 5.54. The number of anilines is 1. The molecular weight excluding hydrogens is 260 g/mol. The number of hydrogen-bond acceptors (Lipinski definition) is 2. The van der Waals surface area contributed by atoms with Gasteiger partial charge in [0, 0.05) is 30.2 Å². The molecule has 21 heavy (non-hydrogen) atoms. The van der Waals surface area contributed by atoms with E-state index in [2.05, 4.69) is 55.8 Å². The highest BCUT2D eigenvalue weighted by Crippen LogP contribution is 2.23. The van der Waals surface area contributed by atoms with Gasteiger partial charge in [0.1, 0.15) is 5.75 Å². The molecule has 0 aliphatic heterocycles. The number of aryl methyl sites for hydroxylation is 2. The van der Waals surface area contributed by atoms with Gasteiger partial charge in [-0.15, -0.1) is 0 Å². The lowest BCUT2D eigenvalue weighted by Gasteiger charge is -2.12. The Bertz CT molecular complexity index is 614. The van der Waals surface area contributed by atoms with Gasteiger partial charge < -0.3 is 14.6 Å². The van der Waals surface area contributed by atoms with Crippen LogP contribution in [-0.2, 0) is 13.1 Å². The van der Waals surface area contributed by atoms with Gasteiger partial charge in [-0.2, -0.15) is 0 Å². The fraction of sp³-hybridized carbons (Fsp3) is 0.444. The van der Waals surface area contributed by atoms with Crippen molar-refractivity contribution in [1.29, 1.82) is 0 Å². The summed E-state index contributed by atoms with van der Waals surface area (Å²) >= 11 is 0. The molecule has 3 heteroatoms. The third-order valence-corrected chi connectivity index (χ3v) is 3.97. The van der Waals surface area contributed by atoms with Crippen LogP contribution in [0.5, 0.6) is 5.75 Å². The molecule has 2 aromatic rings. The van der Waals surface area contributed by atoms with Gasteiger partial charge in [0.2, 0.25) is 0 Å². The first-order chi connectivity index (χ1) is 10.1. The minimum absolute atomic E-state index is 0.704. The molecule has 0 fully saturated rings. The maximum atomic E-state index is 5.53. The molecule has 114 valence electrons. The van der Waals surface area contributed by atoms with Crippen molar-refractivity contribution < 1.29 is 4.74 Å². The zero-order valence-electron chi connectivity index (χ0n) is 13.8. The molecule has 0 radical (unpaired) electrons. The summed E-state index contributed by atoms with van der Waals surface area (Å²) in [4.78, 5) is 0. The zero-order chi connectivity index (χ0) is 15.4. The molecule has 0 spiro atoms. The summed E-state index contributed by atoms with van der Waals surface area (Å²) in [6.45, 7) is 13.3.